The van der Waals surface area contributed by atoms with Gasteiger partial charge in [-0.25, -0.2) is 0 Å². The predicted molar refractivity (Wildman–Crippen MR) is 59.0 cm³/mol. The molecule has 0 aliphatic carbocycles. The fraction of sp³-hybridized carbons (Fsp3) is 0.700. The number of halogens is 1. The summed E-state index contributed by atoms with van der Waals surface area (Å²) in [6, 6.07) is 0. The maximum Gasteiger partial charge on any atom is 0.132 e. The molecule has 0 fully saturated rings. The molecule has 0 aromatic carbocycles. The largest absolute Gasteiger partial charge is 0.386 e. The molecule has 4 nitrogen and oxygen atoms in total. The summed E-state index contributed by atoms with van der Waals surface area (Å²) in [6.07, 6.45) is -0.621. The Balaban J connectivity index is 2.77. The molecule has 1 heterocycles. The lowest BCUT2D eigenvalue weighted by atomic mass is 10.1. The molecule has 15 heavy (non-hydrogen) atoms. The van der Waals surface area contributed by atoms with Gasteiger partial charge in [0.2, 0.25) is 0 Å². The highest BCUT2D eigenvalue weighted by atomic mass is 35.5. The van der Waals surface area contributed by atoms with Gasteiger partial charge in [0.05, 0.1) is 18.4 Å². The second-order valence-electron chi connectivity index (χ2n) is 3.81. The number of aliphatic hydroxyl groups excluding tert-OH is 1. The molecule has 1 atom stereocenters. The minimum Gasteiger partial charge on any atom is -0.386 e. The van der Waals surface area contributed by atoms with Crippen molar-refractivity contribution in [2.45, 2.75) is 33.0 Å². The molecule has 0 spiro atoms. The van der Waals surface area contributed by atoms with E-state index in [0.29, 0.717) is 10.7 Å². The van der Waals surface area contributed by atoms with Crippen molar-refractivity contribution in [3.63, 3.8) is 0 Å². The molecular formula is C10H17ClN2O2. The van der Waals surface area contributed by atoms with E-state index in [9.17, 15) is 5.11 Å². The quantitative estimate of drug-likeness (QED) is 0.862. The number of hydrogen-bond donors (Lipinski definition) is 1. The molecule has 1 aromatic heterocycles. The number of rotatable bonds is 4. The van der Waals surface area contributed by atoms with Gasteiger partial charge in [0.15, 0.2) is 0 Å². The summed E-state index contributed by atoms with van der Waals surface area (Å²) in [6.45, 7) is 5.90. The molecule has 1 unspecified atom stereocenters. The minimum absolute atomic E-state index is 0.0930. The number of hydrogen-bond acceptors (Lipinski definition) is 3. The van der Waals surface area contributed by atoms with Crippen LogP contribution in [0.4, 0.5) is 0 Å². The zero-order chi connectivity index (χ0) is 11.6. The number of nitrogens with zero attached hydrogens (tertiary/aromatic N) is 2. The van der Waals surface area contributed by atoms with Crippen molar-refractivity contribution >= 4 is 11.6 Å². The Hall–Kier alpha value is -0.580. The van der Waals surface area contributed by atoms with Crippen molar-refractivity contribution in [2.24, 2.45) is 7.05 Å². The Morgan fingerprint density at radius 1 is 1.53 bits per heavy atom. The second kappa shape index (κ2) is 4.96. The zero-order valence-corrected chi connectivity index (χ0v) is 10.2. The Kier molecular flexibility index (Phi) is 4.13. The van der Waals surface area contributed by atoms with Gasteiger partial charge in [-0.3, -0.25) is 4.68 Å². The maximum atomic E-state index is 9.88. The number of aromatic nitrogens is 2. The van der Waals surface area contributed by atoms with E-state index in [1.807, 2.05) is 20.8 Å². The monoisotopic (exact) mass is 232 g/mol. The van der Waals surface area contributed by atoms with E-state index in [-0.39, 0.29) is 12.7 Å². The van der Waals surface area contributed by atoms with Gasteiger partial charge in [-0.05, 0) is 20.8 Å². The van der Waals surface area contributed by atoms with Crippen molar-refractivity contribution < 1.29 is 9.84 Å². The second-order valence-corrected chi connectivity index (χ2v) is 4.17. The first kappa shape index (κ1) is 12.5. The van der Waals surface area contributed by atoms with E-state index in [4.69, 9.17) is 16.3 Å². The number of aryl methyl sites for hydroxylation is 2. The van der Waals surface area contributed by atoms with Crippen LogP contribution in [0.5, 0.6) is 0 Å². The van der Waals surface area contributed by atoms with Crippen LogP contribution in [0.3, 0.4) is 0 Å². The van der Waals surface area contributed by atoms with Crippen molar-refractivity contribution in [2.75, 3.05) is 6.61 Å². The minimum atomic E-state index is -0.714. The Morgan fingerprint density at radius 2 is 2.13 bits per heavy atom. The van der Waals surface area contributed by atoms with Crippen LogP contribution in [0.2, 0.25) is 5.15 Å². The fourth-order valence-corrected chi connectivity index (χ4v) is 1.69. The molecule has 1 N–H and O–H groups in total. The average molecular weight is 233 g/mol. The van der Waals surface area contributed by atoms with Crippen LogP contribution in [0.1, 0.15) is 31.2 Å². The van der Waals surface area contributed by atoms with Crippen LogP contribution < -0.4 is 0 Å². The smallest absolute Gasteiger partial charge is 0.132 e. The van der Waals surface area contributed by atoms with E-state index >= 15 is 0 Å². The summed E-state index contributed by atoms with van der Waals surface area (Å²) in [5.41, 5.74) is 1.39. The topological polar surface area (TPSA) is 47.3 Å². The molecule has 1 aromatic rings. The van der Waals surface area contributed by atoms with Gasteiger partial charge >= 0.3 is 0 Å². The first-order valence-electron chi connectivity index (χ1n) is 4.92. The molecule has 0 amide bonds. The maximum absolute atomic E-state index is 9.88. The van der Waals surface area contributed by atoms with Gasteiger partial charge in [0.1, 0.15) is 11.3 Å². The zero-order valence-electron chi connectivity index (χ0n) is 9.49. The Bertz CT molecular complexity index is 336. The third-order valence-electron chi connectivity index (χ3n) is 2.12. The van der Waals surface area contributed by atoms with Crippen LogP contribution in [-0.4, -0.2) is 27.6 Å². The molecule has 0 saturated heterocycles. The van der Waals surface area contributed by atoms with E-state index in [2.05, 4.69) is 5.10 Å². The van der Waals surface area contributed by atoms with E-state index < -0.39 is 6.10 Å². The first-order valence-corrected chi connectivity index (χ1v) is 5.30. The molecule has 0 radical (unpaired) electrons. The molecule has 0 aliphatic heterocycles. The van der Waals surface area contributed by atoms with Crippen molar-refractivity contribution in [3.8, 4) is 0 Å². The van der Waals surface area contributed by atoms with Gasteiger partial charge in [0.25, 0.3) is 0 Å². The van der Waals surface area contributed by atoms with E-state index in [1.165, 1.54) is 0 Å². The lowest BCUT2D eigenvalue weighted by molar-refractivity contribution is 0.00471. The van der Waals surface area contributed by atoms with E-state index in [0.717, 1.165) is 5.69 Å². The van der Waals surface area contributed by atoms with Crippen molar-refractivity contribution in [1.82, 2.24) is 9.78 Å². The summed E-state index contributed by atoms with van der Waals surface area (Å²) >= 11 is 6.01. The van der Waals surface area contributed by atoms with Crippen LogP contribution in [-0.2, 0) is 11.8 Å². The first-order chi connectivity index (χ1) is 6.93. The Morgan fingerprint density at radius 3 is 2.53 bits per heavy atom. The van der Waals surface area contributed by atoms with E-state index in [1.54, 1.807) is 11.7 Å². The SMILES string of the molecule is Cc1nn(C)c(Cl)c1C(O)COC(C)C. The van der Waals surface area contributed by atoms with Crippen LogP contribution in [0, 0.1) is 6.92 Å². The molecule has 86 valence electrons. The van der Waals surface area contributed by atoms with Gasteiger partial charge in [-0.15, -0.1) is 0 Å². The highest BCUT2D eigenvalue weighted by Gasteiger charge is 2.19. The molecule has 0 aliphatic rings. The molecule has 0 bridgehead atoms. The summed E-state index contributed by atoms with van der Waals surface area (Å²) < 4.78 is 6.88. The van der Waals surface area contributed by atoms with Crippen LogP contribution in [0.25, 0.3) is 0 Å². The standard InChI is InChI=1S/C10H17ClN2O2/c1-6(2)15-5-8(14)9-7(3)12-13(4)10(9)11/h6,8,14H,5H2,1-4H3. The van der Waals surface area contributed by atoms with Gasteiger partial charge in [-0.1, -0.05) is 11.6 Å². The molecule has 1 rings (SSSR count). The van der Waals surface area contributed by atoms with Gasteiger partial charge in [0, 0.05) is 12.6 Å². The Labute approximate surface area is 94.8 Å². The van der Waals surface area contributed by atoms with Crippen LogP contribution in [0.15, 0.2) is 0 Å². The average Bonchev–Trinajstić information content (AvgIpc) is 2.37. The lowest BCUT2D eigenvalue weighted by Gasteiger charge is -2.13. The number of ether oxygens (including phenoxy) is 1. The van der Waals surface area contributed by atoms with Crippen molar-refractivity contribution in [3.05, 3.63) is 16.4 Å². The van der Waals surface area contributed by atoms with Gasteiger partial charge < -0.3 is 9.84 Å². The highest BCUT2D eigenvalue weighted by Crippen LogP contribution is 2.26. The normalized spacial score (nSPS) is 13.5. The van der Waals surface area contributed by atoms with Gasteiger partial charge in [-0.2, -0.15) is 5.10 Å². The third-order valence-corrected chi connectivity index (χ3v) is 2.57. The summed E-state index contributed by atoms with van der Waals surface area (Å²) in [7, 11) is 1.74. The molecule has 0 saturated carbocycles. The summed E-state index contributed by atoms with van der Waals surface area (Å²) in [5, 5.41) is 14.5. The fourth-order valence-electron chi connectivity index (χ4n) is 1.39. The highest BCUT2D eigenvalue weighted by molar-refractivity contribution is 6.30. The molecule has 5 heteroatoms. The third kappa shape index (κ3) is 2.93. The van der Waals surface area contributed by atoms with Crippen LogP contribution >= 0.6 is 11.6 Å². The van der Waals surface area contributed by atoms with Crippen molar-refractivity contribution in [1.29, 1.82) is 0 Å². The number of aliphatic hydroxyl groups is 1. The lowest BCUT2D eigenvalue weighted by Crippen LogP contribution is -2.12. The summed E-state index contributed by atoms with van der Waals surface area (Å²) in [5.74, 6) is 0. The molecular weight excluding hydrogens is 216 g/mol. The predicted octanol–water partition coefficient (Wildman–Crippen LogP) is 1.84. The summed E-state index contributed by atoms with van der Waals surface area (Å²) in [4.78, 5) is 0.